The molecule has 0 aliphatic carbocycles. The third-order valence-electron chi connectivity index (χ3n) is 4.36. The quantitative estimate of drug-likeness (QED) is 0.608. The van der Waals surface area contributed by atoms with E-state index in [0.29, 0.717) is 35.2 Å². The first-order valence-electron chi connectivity index (χ1n) is 8.84. The molecule has 3 rings (SSSR count). The zero-order chi connectivity index (χ0) is 20.1. The highest BCUT2D eigenvalue weighted by molar-refractivity contribution is 6.31. The van der Waals surface area contributed by atoms with Crippen LogP contribution in [0.2, 0.25) is 5.02 Å². The van der Waals surface area contributed by atoms with Gasteiger partial charge in [0.25, 0.3) is 5.56 Å². The second kappa shape index (κ2) is 8.80. The van der Waals surface area contributed by atoms with Gasteiger partial charge in [-0.1, -0.05) is 23.7 Å². The van der Waals surface area contributed by atoms with Crippen molar-refractivity contribution in [2.24, 2.45) is 7.05 Å². The fraction of sp³-hybridized carbons (Fsp3) is 0.238. The molecule has 1 aromatic heterocycles. The maximum atomic E-state index is 12.2. The number of nitrogens with one attached hydrogen (secondary N) is 1. The van der Waals surface area contributed by atoms with E-state index in [9.17, 15) is 9.59 Å². The maximum absolute atomic E-state index is 12.2. The first-order chi connectivity index (χ1) is 13.5. The van der Waals surface area contributed by atoms with Crippen LogP contribution in [0.25, 0.3) is 10.9 Å². The first-order valence-corrected chi connectivity index (χ1v) is 9.22. The zero-order valence-corrected chi connectivity index (χ0v) is 16.5. The van der Waals surface area contributed by atoms with Crippen molar-refractivity contribution in [2.75, 3.05) is 19.0 Å². The predicted octanol–water partition coefficient (Wildman–Crippen LogP) is 4.00. The summed E-state index contributed by atoms with van der Waals surface area (Å²) in [5.41, 5.74) is 1.19. The smallest absolute Gasteiger partial charge is 0.254 e. The molecule has 6 nitrogen and oxygen atoms in total. The Labute approximate surface area is 167 Å². The van der Waals surface area contributed by atoms with Gasteiger partial charge >= 0.3 is 0 Å². The molecular weight excluding hydrogens is 380 g/mol. The molecule has 0 spiro atoms. The number of rotatable bonds is 7. The second-order valence-corrected chi connectivity index (χ2v) is 6.70. The molecule has 0 radical (unpaired) electrons. The van der Waals surface area contributed by atoms with E-state index < -0.39 is 0 Å². The molecule has 2 aromatic carbocycles. The summed E-state index contributed by atoms with van der Waals surface area (Å²) >= 11 is 5.97. The van der Waals surface area contributed by atoms with Gasteiger partial charge in [-0.3, -0.25) is 9.59 Å². The van der Waals surface area contributed by atoms with Crippen molar-refractivity contribution in [1.29, 1.82) is 0 Å². The van der Waals surface area contributed by atoms with Gasteiger partial charge in [-0.05, 0) is 36.8 Å². The Bertz CT molecular complexity index is 1060. The van der Waals surface area contributed by atoms with E-state index in [0.717, 1.165) is 10.9 Å². The molecule has 0 bridgehead atoms. The van der Waals surface area contributed by atoms with Crippen LogP contribution in [0.1, 0.15) is 12.8 Å². The number of hydrogen-bond acceptors (Lipinski definition) is 4. The van der Waals surface area contributed by atoms with Crippen molar-refractivity contribution in [3.63, 3.8) is 0 Å². The molecule has 0 fully saturated rings. The number of hydrogen-bond donors (Lipinski definition) is 1. The number of aryl methyl sites for hydroxylation is 1. The minimum Gasteiger partial charge on any atom is -0.495 e. The Morgan fingerprint density at radius 3 is 2.71 bits per heavy atom. The zero-order valence-electron chi connectivity index (χ0n) is 15.7. The van der Waals surface area contributed by atoms with Gasteiger partial charge in [0.15, 0.2) is 0 Å². The highest BCUT2D eigenvalue weighted by Gasteiger charge is 2.10. The molecule has 0 saturated carbocycles. The number of ether oxygens (including phenoxy) is 2. The van der Waals surface area contributed by atoms with Gasteiger partial charge in [0.05, 0.1) is 24.9 Å². The summed E-state index contributed by atoms with van der Waals surface area (Å²) < 4.78 is 12.6. The number of aromatic nitrogens is 1. The number of fused-ring (bicyclic) bond motifs is 1. The summed E-state index contributed by atoms with van der Waals surface area (Å²) in [6, 6.07) is 14.0. The molecule has 0 aliphatic rings. The van der Waals surface area contributed by atoms with E-state index in [1.54, 1.807) is 29.8 Å². The van der Waals surface area contributed by atoms with Gasteiger partial charge < -0.3 is 19.4 Å². The molecule has 3 aromatic rings. The Balaban J connectivity index is 1.59. The fourth-order valence-corrected chi connectivity index (χ4v) is 3.08. The topological polar surface area (TPSA) is 69.6 Å². The van der Waals surface area contributed by atoms with Gasteiger partial charge in [0.1, 0.15) is 11.5 Å². The number of nitrogens with zero attached hydrogens (tertiary/aromatic N) is 1. The predicted molar refractivity (Wildman–Crippen MR) is 111 cm³/mol. The number of pyridine rings is 1. The van der Waals surface area contributed by atoms with E-state index in [1.807, 2.05) is 24.3 Å². The Kier molecular flexibility index (Phi) is 6.21. The van der Waals surface area contributed by atoms with Crippen LogP contribution in [0.3, 0.4) is 0 Å². The molecule has 1 amide bonds. The molecule has 0 unspecified atom stereocenters. The third kappa shape index (κ3) is 4.46. The minimum atomic E-state index is -0.169. The van der Waals surface area contributed by atoms with Crippen LogP contribution in [-0.2, 0) is 11.8 Å². The van der Waals surface area contributed by atoms with E-state index in [1.165, 1.54) is 13.2 Å². The highest BCUT2D eigenvalue weighted by atomic mass is 35.5. The molecule has 146 valence electrons. The van der Waals surface area contributed by atoms with Gasteiger partial charge in [0.2, 0.25) is 5.91 Å². The van der Waals surface area contributed by atoms with E-state index >= 15 is 0 Å². The van der Waals surface area contributed by atoms with Crippen LogP contribution in [-0.4, -0.2) is 24.2 Å². The number of amides is 1. The second-order valence-electron chi connectivity index (χ2n) is 6.27. The number of anilines is 1. The van der Waals surface area contributed by atoms with E-state index in [2.05, 4.69) is 5.32 Å². The van der Waals surface area contributed by atoms with E-state index in [-0.39, 0.29) is 17.9 Å². The number of para-hydroxylation sites is 1. The molecule has 28 heavy (non-hydrogen) atoms. The summed E-state index contributed by atoms with van der Waals surface area (Å²) in [6.45, 7) is 0.317. The third-order valence-corrected chi connectivity index (χ3v) is 4.59. The first kappa shape index (κ1) is 19.8. The van der Waals surface area contributed by atoms with Crippen LogP contribution in [0.15, 0.2) is 53.3 Å². The average molecular weight is 401 g/mol. The average Bonchev–Trinajstić information content (AvgIpc) is 2.69. The molecule has 7 heteroatoms. The summed E-state index contributed by atoms with van der Waals surface area (Å²) in [4.78, 5) is 24.3. The van der Waals surface area contributed by atoms with Crippen molar-refractivity contribution >= 4 is 34.1 Å². The van der Waals surface area contributed by atoms with Gasteiger partial charge in [-0.15, -0.1) is 0 Å². The number of benzene rings is 2. The van der Waals surface area contributed by atoms with Crippen LogP contribution in [0, 0.1) is 0 Å². The monoisotopic (exact) mass is 400 g/mol. The number of carbonyl (C=O) groups is 1. The molecule has 1 heterocycles. The van der Waals surface area contributed by atoms with Crippen molar-refractivity contribution in [3.05, 3.63) is 63.9 Å². The van der Waals surface area contributed by atoms with Crippen molar-refractivity contribution < 1.29 is 14.3 Å². The van der Waals surface area contributed by atoms with Crippen LogP contribution >= 0.6 is 11.6 Å². The highest BCUT2D eigenvalue weighted by Crippen LogP contribution is 2.28. The lowest BCUT2D eigenvalue weighted by molar-refractivity contribution is -0.116. The normalized spacial score (nSPS) is 10.7. The summed E-state index contributed by atoms with van der Waals surface area (Å²) in [6.07, 6.45) is 0.761. The SMILES string of the molecule is COc1ccc(Cl)cc1NC(=O)CCCOc1cc(=O)n(C)c2ccccc12. The Hall–Kier alpha value is -2.99. The fourth-order valence-electron chi connectivity index (χ4n) is 2.90. The molecule has 0 atom stereocenters. The maximum Gasteiger partial charge on any atom is 0.254 e. The lowest BCUT2D eigenvalue weighted by atomic mass is 10.2. The largest absolute Gasteiger partial charge is 0.495 e. The molecular formula is C21H21ClN2O4. The van der Waals surface area contributed by atoms with Crippen LogP contribution in [0.4, 0.5) is 5.69 Å². The standard InChI is InChI=1S/C21H21ClN2O4/c1-24-17-7-4-3-6-15(17)19(13-21(24)26)28-11-5-8-20(25)23-16-12-14(22)9-10-18(16)27-2/h3-4,6-7,9-10,12-13H,5,8,11H2,1-2H3,(H,23,25). The van der Waals surface area contributed by atoms with Crippen LogP contribution < -0.4 is 20.3 Å². The number of halogens is 1. The van der Waals surface area contributed by atoms with Gasteiger partial charge in [-0.25, -0.2) is 0 Å². The molecule has 0 saturated heterocycles. The molecule has 1 N–H and O–H groups in total. The minimum absolute atomic E-state index is 0.139. The Morgan fingerprint density at radius 1 is 1.14 bits per heavy atom. The number of carbonyl (C=O) groups excluding carboxylic acids is 1. The number of methoxy groups -OCH3 is 1. The van der Waals surface area contributed by atoms with Crippen molar-refractivity contribution in [1.82, 2.24) is 4.57 Å². The van der Waals surface area contributed by atoms with Crippen molar-refractivity contribution in [2.45, 2.75) is 12.8 Å². The van der Waals surface area contributed by atoms with Crippen molar-refractivity contribution in [3.8, 4) is 11.5 Å². The Morgan fingerprint density at radius 2 is 1.93 bits per heavy atom. The lowest BCUT2D eigenvalue weighted by Crippen LogP contribution is -2.17. The van der Waals surface area contributed by atoms with Crippen LogP contribution in [0.5, 0.6) is 11.5 Å². The molecule has 0 aliphatic heterocycles. The summed E-state index contributed by atoms with van der Waals surface area (Å²) in [5.74, 6) is 0.897. The summed E-state index contributed by atoms with van der Waals surface area (Å²) in [7, 11) is 3.25. The summed E-state index contributed by atoms with van der Waals surface area (Å²) in [5, 5.41) is 4.16. The van der Waals surface area contributed by atoms with Gasteiger partial charge in [-0.2, -0.15) is 0 Å². The lowest BCUT2D eigenvalue weighted by Gasteiger charge is -2.12. The van der Waals surface area contributed by atoms with E-state index in [4.69, 9.17) is 21.1 Å². The van der Waals surface area contributed by atoms with Gasteiger partial charge in [0, 0.05) is 29.9 Å².